The van der Waals surface area contributed by atoms with Crippen molar-refractivity contribution in [1.29, 1.82) is 0 Å². The van der Waals surface area contributed by atoms with Crippen LogP contribution in [0.4, 0.5) is 10.1 Å². The van der Waals surface area contributed by atoms with Gasteiger partial charge in [0.05, 0.1) is 46.1 Å². The number of hydrogen-bond donors (Lipinski definition) is 3. The number of halogens is 1. The van der Waals surface area contributed by atoms with Crippen molar-refractivity contribution in [2.75, 3.05) is 17.3 Å². The Balaban J connectivity index is 1.39. The summed E-state index contributed by atoms with van der Waals surface area (Å²) in [5, 5.41) is 10.2. The molecule has 0 aliphatic heterocycles. The van der Waals surface area contributed by atoms with Crippen LogP contribution in [0.3, 0.4) is 0 Å². The average Bonchev–Trinajstić information content (AvgIpc) is 3.59. The zero-order valence-electron chi connectivity index (χ0n) is 22.6. The highest BCUT2D eigenvalue weighted by molar-refractivity contribution is 7.90. The predicted octanol–water partition coefficient (Wildman–Crippen LogP) is 4.70. The van der Waals surface area contributed by atoms with E-state index in [0.29, 0.717) is 73.6 Å². The van der Waals surface area contributed by atoms with Crippen molar-refractivity contribution in [2.24, 2.45) is 0 Å². The fourth-order valence-electron chi connectivity index (χ4n) is 4.63. The van der Waals surface area contributed by atoms with Crippen molar-refractivity contribution in [2.45, 2.75) is 19.8 Å². The number of nitrogens with one attached hydrogen (secondary N) is 3. The number of pyridine rings is 3. The number of H-pyrrole nitrogens is 2. The van der Waals surface area contributed by atoms with E-state index in [4.69, 9.17) is 9.97 Å². The molecule has 0 unspecified atom stereocenters. The maximum atomic E-state index is 14.6. The lowest BCUT2D eigenvalue weighted by molar-refractivity contribution is -0.115. The first-order valence-corrected chi connectivity index (χ1v) is 15.1. The number of aromatic amines is 2. The molecule has 6 aromatic rings. The van der Waals surface area contributed by atoms with E-state index in [0.717, 1.165) is 6.26 Å². The molecular formula is C29H25FN8O3S. The standard InChI is InChI=1S/C29H25FN8O3S/c1-3-25(39)33-20-11-18(12-31-13-20)22-4-5-23-27(34-22)28(38-37-23)29-35-24-15-32-14-21(26(24)36-29)17-8-16(9-19(30)10-17)6-7-42(2,40)41/h4-5,8-15H,3,6-7H2,1-2H3,(H,33,39)(H,35,36)(H,37,38). The number of amides is 1. The van der Waals surface area contributed by atoms with Gasteiger partial charge in [-0.15, -0.1) is 0 Å². The van der Waals surface area contributed by atoms with E-state index in [-0.39, 0.29) is 18.1 Å². The molecule has 0 aliphatic rings. The summed E-state index contributed by atoms with van der Waals surface area (Å²) in [6.07, 6.45) is 8.15. The number of fused-ring (bicyclic) bond motifs is 2. The van der Waals surface area contributed by atoms with Gasteiger partial charge < -0.3 is 10.3 Å². The molecule has 0 atom stereocenters. The molecule has 6 rings (SSSR count). The number of rotatable bonds is 8. The summed E-state index contributed by atoms with van der Waals surface area (Å²) in [5.41, 5.74) is 6.49. The Hall–Kier alpha value is -5.04. The minimum Gasteiger partial charge on any atom is -0.335 e. The molecule has 1 amide bonds. The van der Waals surface area contributed by atoms with Gasteiger partial charge in [0.25, 0.3) is 0 Å². The third kappa shape index (κ3) is 5.59. The van der Waals surface area contributed by atoms with Crippen molar-refractivity contribution < 1.29 is 17.6 Å². The van der Waals surface area contributed by atoms with Crippen LogP contribution in [0.2, 0.25) is 0 Å². The fraction of sp³-hybridized carbons (Fsp3) is 0.172. The number of carbonyl (C=O) groups excluding carboxylic acids is 1. The van der Waals surface area contributed by atoms with Crippen LogP contribution in [0.15, 0.2) is 61.2 Å². The molecule has 0 aliphatic carbocycles. The molecule has 11 nitrogen and oxygen atoms in total. The molecule has 1 aromatic carbocycles. The smallest absolute Gasteiger partial charge is 0.224 e. The van der Waals surface area contributed by atoms with Crippen LogP contribution in [0.5, 0.6) is 0 Å². The number of hydrogen-bond acceptors (Lipinski definition) is 8. The second-order valence-electron chi connectivity index (χ2n) is 9.93. The Morgan fingerprint density at radius 2 is 1.79 bits per heavy atom. The van der Waals surface area contributed by atoms with E-state index in [1.54, 1.807) is 43.8 Å². The number of aromatic nitrogens is 7. The van der Waals surface area contributed by atoms with Gasteiger partial charge in [-0.1, -0.05) is 13.0 Å². The number of sulfone groups is 1. The normalized spacial score (nSPS) is 11.8. The van der Waals surface area contributed by atoms with Gasteiger partial charge in [0.2, 0.25) is 5.91 Å². The number of carbonyl (C=O) groups is 1. The van der Waals surface area contributed by atoms with Crippen molar-refractivity contribution in [3.8, 4) is 33.9 Å². The summed E-state index contributed by atoms with van der Waals surface area (Å²) >= 11 is 0. The number of aryl methyl sites for hydroxylation is 1. The average molecular weight is 585 g/mol. The molecule has 13 heteroatoms. The van der Waals surface area contributed by atoms with Gasteiger partial charge in [0.15, 0.2) is 11.5 Å². The summed E-state index contributed by atoms with van der Waals surface area (Å²) < 4.78 is 37.9. The minimum absolute atomic E-state index is 0.0835. The SMILES string of the molecule is CCC(=O)Nc1cncc(-c2ccc3[nH]nc(-c4nc5c(-c6cc(F)cc(CCS(C)(=O)=O)c6)cncc5[nH]4)c3n2)c1. The van der Waals surface area contributed by atoms with Gasteiger partial charge in [-0.05, 0) is 47.9 Å². The first-order chi connectivity index (χ1) is 20.2. The van der Waals surface area contributed by atoms with Crippen molar-refractivity contribution in [3.05, 3.63) is 72.6 Å². The zero-order chi connectivity index (χ0) is 29.4. The maximum absolute atomic E-state index is 14.6. The summed E-state index contributed by atoms with van der Waals surface area (Å²) in [6, 6.07) is 9.95. The quantitative estimate of drug-likeness (QED) is 0.232. The predicted molar refractivity (Wildman–Crippen MR) is 158 cm³/mol. The highest BCUT2D eigenvalue weighted by atomic mass is 32.2. The third-order valence-electron chi connectivity index (χ3n) is 6.70. The van der Waals surface area contributed by atoms with Gasteiger partial charge in [-0.2, -0.15) is 5.10 Å². The molecule has 0 fully saturated rings. The summed E-state index contributed by atoms with van der Waals surface area (Å²) in [4.78, 5) is 33.2. The number of imidazole rings is 1. The monoisotopic (exact) mass is 584 g/mol. The molecule has 3 N–H and O–H groups in total. The first kappa shape index (κ1) is 27.1. The van der Waals surface area contributed by atoms with Gasteiger partial charge in [-0.3, -0.25) is 19.9 Å². The largest absolute Gasteiger partial charge is 0.335 e. The van der Waals surface area contributed by atoms with Crippen LogP contribution in [-0.4, -0.2) is 61.5 Å². The molecule has 42 heavy (non-hydrogen) atoms. The molecule has 5 heterocycles. The van der Waals surface area contributed by atoms with E-state index < -0.39 is 15.7 Å². The van der Waals surface area contributed by atoms with Crippen LogP contribution in [-0.2, 0) is 21.1 Å². The van der Waals surface area contributed by atoms with E-state index in [2.05, 4.69) is 30.5 Å². The number of anilines is 1. The van der Waals surface area contributed by atoms with E-state index in [1.165, 1.54) is 12.1 Å². The fourth-order valence-corrected chi connectivity index (χ4v) is 5.24. The Morgan fingerprint density at radius 3 is 2.60 bits per heavy atom. The van der Waals surface area contributed by atoms with Crippen molar-refractivity contribution in [1.82, 2.24) is 35.1 Å². The Kier molecular flexibility index (Phi) is 6.94. The Morgan fingerprint density at radius 1 is 0.952 bits per heavy atom. The van der Waals surface area contributed by atoms with E-state index in [9.17, 15) is 17.6 Å². The molecule has 0 bridgehead atoms. The lowest BCUT2D eigenvalue weighted by Crippen LogP contribution is -2.09. The lowest BCUT2D eigenvalue weighted by atomic mass is 10.0. The molecule has 0 saturated heterocycles. The highest BCUT2D eigenvalue weighted by Crippen LogP contribution is 2.32. The second-order valence-corrected chi connectivity index (χ2v) is 12.2. The molecular weight excluding hydrogens is 559 g/mol. The third-order valence-corrected chi connectivity index (χ3v) is 7.64. The molecule has 0 radical (unpaired) electrons. The van der Waals surface area contributed by atoms with Gasteiger partial charge in [0, 0.05) is 36.2 Å². The van der Waals surface area contributed by atoms with Crippen LogP contribution in [0.1, 0.15) is 18.9 Å². The number of nitrogens with zero attached hydrogens (tertiary/aromatic N) is 5. The molecule has 212 valence electrons. The van der Waals surface area contributed by atoms with Crippen molar-refractivity contribution >= 4 is 43.5 Å². The van der Waals surface area contributed by atoms with Gasteiger partial charge in [0.1, 0.15) is 21.2 Å². The van der Waals surface area contributed by atoms with Gasteiger partial charge >= 0.3 is 0 Å². The van der Waals surface area contributed by atoms with Crippen LogP contribution in [0, 0.1) is 5.82 Å². The van der Waals surface area contributed by atoms with Crippen LogP contribution in [0.25, 0.3) is 56.0 Å². The zero-order valence-corrected chi connectivity index (χ0v) is 23.5. The highest BCUT2D eigenvalue weighted by Gasteiger charge is 2.18. The molecule has 0 saturated carbocycles. The maximum Gasteiger partial charge on any atom is 0.224 e. The Bertz CT molecular complexity index is 2090. The second kappa shape index (κ2) is 10.7. The van der Waals surface area contributed by atoms with E-state index >= 15 is 0 Å². The van der Waals surface area contributed by atoms with Gasteiger partial charge in [-0.25, -0.2) is 22.8 Å². The lowest BCUT2D eigenvalue weighted by Gasteiger charge is -2.07. The molecule has 0 spiro atoms. The summed E-state index contributed by atoms with van der Waals surface area (Å²) in [7, 11) is -3.20. The minimum atomic E-state index is -3.20. The van der Waals surface area contributed by atoms with Crippen molar-refractivity contribution in [3.63, 3.8) is 0 Å². The van der Waals surface area contributed by atoms with Crippen LogP contribution >= 0.6 is 0 Å². The number of benzene rings is 1. The topological polar surface area (TPSA) is 159 Å². The Labute approximate surface area is 239 Å². The van der Waals surface area contributed by atoms with Crippen LogP contribution < -0.4 is 5.32 Å². The summed E-state index contributed by atoms with van der Waals surface area (Å²) in [6.45, 7) is 1.77. The first-order valence-electron chi connectivity index (χ1n) is 13.1. The molecule has 5 aromatic heterocycles. The van der Waals surface area contributed by atoms with E-state index in [1.807, 2.05) is 12.1 Å². The summed E-state index contributed by atoms with van der Waals surface area (Å²) in [5.74, 6) is -0.242.